The molecular formula is C16H32ClN3O2. The fourth-order valence-electron chi connectivity index (χ4n) is 2.68. The molecule has 1 fully saturated rings. The maximum Gasteiger partial charge on any atom is 0.223 e. The van der Waals surface area contributed by atoms with Crippen LogP contribution in [0.4, 0.5) is 0 Å². The molecule has 2 atom stereocenters. The van der Waals surface area contributed by atoms with E-state index < -0.39 is 5.54 Å². The van der Waals surface area contributed by atoms with Gasteiger partial charge >= 0.3 is 0 Å². The van der Waals surface area contributed by atoms with Crippen molar-refractivity contribution in [1.82, 2.24) is 10.6 Å². The van der Waals surface area contributed by atoms with Crippen molar-refractivity contribution in [2.45, 2.75) is 71.4 Å². The summed E-state index contributed by atoms with van der Waals surface area (Å²) in [5, 5.41) is 5.96. The first kappa shape index (κ1) is 21.2. The second-order valence-electron chi connectivity index (χ2n) is 6.92. The number of nitrogens with two attached hydrogens (primary N) is 1. The lowest BCUT2D eigenvalue weighted by molar-refractivity contribution is -0.126. The molecule has 0 aromatic carbocycles. The second kappa shape index (κ2) is 9.36. The van der Waals surface area contributed by atoms with E-state index in [1.807, 2.05) is 27.7 Å². The minimum absolute atomic E-state index is 0. The predicted molar refractivity (Wildman–Crippen MR) is 91.9 cm³/mol. The van der Waals surface area contributed by atoms with Gasteiger partial charge in [-0.25, -0.2) is 0 Å². The van der Waals surface area contributed by atoms with Crippen LogP contribution in [0.25, 0.3) is 0 Å². The van der Waals surface area contributed by atoms with E-state index in [9.17, 15) is 9.59 Å². The number of carbonyl (C=O) groups excluding carboxylic acids is 2. The second-order valence-corrected chi connectivity index (χ2v) is 6.92. The van der Waals surface area contributed by atoms with E-state index in [0.717, 1.165) is 25.7 Å². The van der Waals surface area contributed by atoms with E-state index in [1.54, 1.807) is 0 Å². The molecule has 0 heterocycles. The van der Waals surface area contributed by atoms with Gasteiger partial charge in [0.05, 0.1) is 5.54 Å². The van der Waals surface area contributed by atoms with E-state index in [-0.39, 0.29) is 42.1 Å². The maximum atomic E-state index is 12.1. The summed E-state index contributed by atoms with van der Waals surface area (Å²) < 4.78 is 0. The van der Waals surface area contributed by atoms with Crippen LogP contribution in [-0.2, 0) is 9.59 Å². The molecule has 2 amide bonds. The van der Waals surface area contributed by atoms with Gasteiger partial charge in [-0.05, 0) is 32.6 Å². The zero-order valence-corrected chi connectivity index (χ0v) is 15.1. The Kier molecular flexibility index (Phi) is 9.01. The van der Waals surface area contributed by atoms with E-state index in [0.29, 0.717) is 13.0 Å². The molecule has 1 aliphatic carbocycles. The Morgan fingerprint density at radius 3 is 2.23 bits per heavy atom. The standard InChI is InChI=1S/C16H31N3O2.ClH/c1-11(2)16(4,10-17)19-14(20)9-12(3)18-15(21)13-7-5-6-8-13;/h11-13H,5-10,17H2,1-4H3,(H,18,21)(H,19,20);1H. The molecule has 130 valence electrons. The van der Waals surface area contributed by atoms with Crippen LogP contribution in [-0.4, -0.2) is 29.9 Å². The average Bonchev–Trinajstić information content (AvgIpc) is 2.91. The first-order valence-electron chi connectivity index (χ1n) is 8.10. The molecule has 0 bridgehead atoms. The summed E-state index contributed by atoms with van der Waals surface area (Å²) in [4.78, 5) is 24.1. The van der Waals surface area contributed by atoms with Gasteiger partial charge in [-0.2, -0.15) is 0 Å². The van der Waals surface area contributed by atoms with Crippen molar-refractivity contribution >= 4 is 24.2 Å². The molecule has 22 heavy (non-hydrogen) atoms. The van der Waals surface area contributed by atoms with Crippen molar-refractivity contribution in [3.63, 3.8) is 0 Å². The van der Waals surface area contributed by atoms with Gasteiger partial charge in [0.25, 0.3) is 0 Å². The molecule has 1 rings (SSSR count). The minimum Gasteiger partial charge on any atom is -0.353 e. The summed E-state index contributed by atoms with van der Waals surface area (Å²) in [5.74, 6) is 0.435. The lowest BCUT2D eigenvalue weighted by Gasteiger charge is -2.34. The van der Waals surface area contributed by atoms with Gasteiger partial charge in [0.2, 0.25) is 11.8 Å². The van der Waals surface area contributed by atoms with Crippen molar-refractivity contribution in [2.24, 2.45) is 17.6 Å². The van der Waals surface area contributed by atoms with Gasteiger partial charge in [-0.1, -0.05) is 26.7 Å². The normalized spacial score (nSPS) is 19.2. The lowest BCUT2D eigenvalue weighted by atomic mass is 9.88. The Labute approximate surface area is 140 Å². The monoisotopic (exact) mass is 333 g/mol. The van der Waals surface area contributed by atoms with Crippen LogP contribution in [0.3, 0.4) is 0 Å². The Hall–Kier alpha value is -0.810. The Bertz CT molecular complexity index is 370. The third-order valence-electron chi connectivity index (χ3n) is 4.73. The highest BCUT2D eigenvalue weighted by molar-refractivity contribution is 5.85. The molecule has 6 heteroatoms. The van der Waals surface area contributed by atoms with Gasteiger partial charge in [0.15, 0.2) is 0 Å². The fraction of sp³-hybridized carbons (Fsp3) is 0.875. The van der Waals surface area contributed by atoms with Gasteiger partial charge in [-0.3, -0.25) is 9.59 Å². The van der Waals surface area contributed by atoms with Gasteiger partial charge in [0.1, 0.15) is 0 Å². The topological polar surface area (TPSA) is 84.2 Å². The Balaban J connectivity index is 0.00000441. The largest absolute Gasteiger partial charge is 0.353 e. The van der Waals surface area contributed by atoms with Crippen molar-refractivity contribution in [1.29, 1.82) is 0 Å². The van der Waals surface area contributed by atoms with Crippen LogP contribution in [0.2, 0.25) is 0 Å². The third kappa shape index (κ3) is 6.13. The third-order valence-corrected chi connectivity index (χ3v) is 4.73. The first-order chi connectivity index (χ1) is 9.78. The molecule has 0 aromatic heterocycles. The fourth-order valence-corrected chi connectivity index (χ4v) is 2.68. The molecule has 0 spiro atoms. The van der Waals surface area contributed by atoms with Crippen molar-refractivity contribution in [3.8, 4) is 0 Å². The molecule has 0 aromatic rings. The molecule has 0 aliphatic heterocycles. The zero-order chi connectivity index (χ0) is 16.0. The smallest absolute Gasteiger partial charge is 0.223 e. The highest BCUT2D eigenvalue weighted by Gasteiger charge is 2.29. The summed E-state index contributed by atoms with van der Waals surface area (Å²) in [5.41, 5.74) is 5.37. The Morgan fingerprint density at radius 1 is 1.23 bits per heavy atom. The molecule has 2 unspecified atom stereocenters. The molecule has 1 aliphatic rings. The maximum absolute atomic E-state index is 12.1. The molecule has 4 N–H and O–H groups in total. The summed E-state index contributed by atoms with van der Waals surface area (Å²) >= 11 is 0. The summed E-state index contributed by atoms with van der Waals surface area (Å²) in [7, 11) is 0. The van der Waals surface area contributed by atoms with Crippen LogP contribution in [0, 0.1) is 11.8 Å². The SMILES string of the molecule is CC(CC(=O)NC(C)(CN)C(C)C)NC(=O)C1CCCC1.Cl. The van der Waals surface area contributed by atoms with E-state index >= 15 is 0 Å². The zero-order valence-electron chi connectivity index (χ0n) is 14.3. The van der Waals surface area contributed by atoms with Crippen LogP contribution < -0.4 is 16.4 Å². The number of halogens is 1. The minimum atomic E-state index is -0.397. The molecule has 0 radical (unpaired) electrons. The number of hydrogen-bond donors (Lipinski definition) is 3. The molecular weight excluding hydrogens is 302 g/mol. The molecule has 5 nitrogen and oxygen atoms in total. The summed E-state index contributed by atoms with van der Waals surface area (Å²) in [6.45, 7) is 8.31. The highest BCUT2D eigenvalue weighted by Crippen LogP contribution is 2.24. The van der Waals surface area contributed by atoms with E-state index in [2.05, 4.69) is 10.6 Å². The quantitative estimate of drug-likeness (QED) is 0.666. The van der Waals surface area contributed by atoms with Crippen molar-refractivity contribution in [2.75, 3.05) is 6.54 Å². The summed E-state index contributed by atoms with van der Waals surface area (Å²) in [6.07, 6.45) is 4.51. The van der Waals surface area contributed by atoms with Crippen molar-refractivity contribution < 1.29 is 9.59 Å². The Morgan fingerprint density at radius 2 is 1.77 bits per heavy atom. The average molecular weight is 334 g/mol. The van der Waals surface area contributed by atoms with Gasteiger partial charge in [-0.15, -0.1) is 12.4 Å². The highest BCUT2D eigenvalue weighted by atomic mass is 35.5. The molecule has 0 saturated heterocycles. The van der Waals surface area contributed by atoms with Crippen LogP contribution in [0.1, 0.15) is 59.8 Å². The van der Waals surface area contributed by atoms with Crippen LogP contribution in [0.5, 0.6) is 0 Å². The number of hydrogen-bond acceptors (Lipinski definition) is 3. The lowest BCUT2D eigenvalue weighted by Crippen LogP contribution is -2.55. The van der Waals surface area contributed by atoms with Gasteiger partial charge in [0, 0.05) is 24.9 Å². The molecule has 1 saturated carbocycles. The van der Waals surface area contributed by atoms with Crippen LogP contribution >= 0.6 is 12.4 Å². The first-order valence-corrected chi connectivity index (χ1v) is 8.10. The van der Waals surface area contributed by atoms with E-state index in [4.69, 9.17) is 5.73 Å². The number of amides is 2. The van der Waals surface area contributed by atoms with Crippen LogP contribution in [0.15, 0.2) is 0 Å². The van der Waals surface area contributed by atoms with E-state index in [1.165, 1.54) is 0 Å². The summed E-state index contributed by atoms with van der Waals surface area (Å²) in [6, 6.07) is -0.146. The number of nitrogens with one attached hydrogen (secondary N) is 2. The predicted octanol–water partition coefficient (Wildman–Crippen LogP) is 1.98. The number of carbonyl (C=O) groups is 2. The van der Waals surface area contributed by atoms with Crippen molar-refractivity contribution in [3.05, 3.63) is 0 Å². The number of rotatable bonds is 7. The van der Waals surface area contributed by atoms with Gasteiger partial charge < -0.3 is 16.4 Å².